The average molecular weight is 317 g/mol. The molecule has 0 fully saturated rings. The van der Waals surface area contributed by atoms with Crippen LogP contribution in [0.25, 0.3) is 0 Å². The molecule has 1 aromatic rings. The number of nitrogens with one attached hydrogen (secondary N) is 1. The smallest absolute Gasteiger partial charge is 0.241 e. The number of carbonyl (C=O) groups excluding carboxylic acids is 1. The second kappa shape index (κ2) is 6.86. The summed E-state index contributed by atoms with van der Waals surface area (Å²) in [5.74, 6) is -1.05. The number of hydrogen-bond donors (Lipinski definition) is 2. The molecule has 1 amide bonds. The molecule has 3 N–H and O–H groups in total. The SMILES string of the molecule is CCN(CC)C(=O)CNS(=O)(=O)c1cc(N)cc(F)c1C. The van der Waals surface area contributed by atoms with E-state index in [1.807, 2.05) is 0 Å². The van der Waals surface area contributed by atoms with E-state index in [1.54, 1.807) is 13.8 Å². The van der Waals surface area contributed by atoms with E-state index in [1.165, 1.54) is 17.9 Å². The Morgan fingerprint density at radius 3 is 2.43 bits per heavy atom. The average Bonchev–Trinajstić information content (AvgIpc) is 2.42. The number of likely N-dealkylation sites (N-methyl/N-ethyl adjacent to an activating group) is 1. The summed E-state index contributed by atoms with van der Waals surface area (Å²) in [4.78, 5) is 13.0. The molecule has 0 aliphatic heterocycles. The molecule has 6 nitrogen and oxygen atoms in total. The van der Waals surface area contributed by atoms with Crippen molar-refractivity contribution in [2.75, 3.05) is 25.4 Å². The maximum Gasteiger partial charge on any atom is 0.241 e. The minimum Gasteiger partial charge on any atom is -0.399 e. The maximum atomic E-state index is 13.6. The molecule has 0 saturated heterocycles. The second-order valence-electron chi connectivity index (χ2n) is 4.52. The molecule has 21 heavy (non-hydrogen) atoms. The first-order chi connectivity index (χ1) is 9.72. The fourth-order valence-corrected chi connectivity index (χ4v) is 3.14. The second-order valence-corrected chi connectivity index (χ2v) is 6.25. The number of benzene rings is 1. The number of carbonyl (C=O) groups is 1. The molecular weight excluding hydrogens is 297 g/mol. The first-order valence-electron chi connectivity index (χ1n) is 6.56. The van der Waals surface area contributed by atoms with Crippen LogP contribution in [-0.4, -0.2) is 38.9 Å². The molecule has 0 unspecified atom stereocenters. The zero-order valence-corrected chi connectivity index (χ0v) is 13.1. The highest BCUT2D eigenvalue weighted by Gasteiger charge is 2.21. The molecule has 0 aliphatic rings. The Morgan fingerprint density at radius 1 is 1.33 bits per heavy atom. The van der Waals surface area contributed by atoms with Crippen molar-refractivity contribution in [1.29, 1.82) is 0 Å². The molecule has 0 aromatic heterocycles. The Kier molecular flexibility index (Phi) is 5.68. The highest BCUT2D eigenvalue weighted by atomic mass is 32.2. The van der Waals surface area contributed by atoms with Crippen LogP contribution in [0.3, 0.4) is 0 Å². The number of sulfonamides is 1. The number of amides is 1. The molecule has 0 saturated carbocycles. The molecule has 0 spiro atoms. The largest absolute Gasteiger partial charge is 0.399 e. The van der Waals surface area contributed by atoms with Crippen LogP contribution < -0.4 is 10.5 Å². The van der Waals surface area contributed by atoms with Crippen LogP contribution in [0.4, 0.5) is 10.1 Å². The zero-order chi connectivity index (χ0) is 16.2. The van der Waals surface area contributed by atoms with Crippen LogP contribution >= 0.6 is 0 Å². The highest BCUT2D eigenvalue weighted by Crippen LogP contribution is 2.21. The van der Waals surface area contributed by atoms with Crippen LogP contribution in [0, 0.1) is 12.7 Å². The number of anilines is 1. The van der Waals surface area contributed by atoms with Crippen molar-refractivity contribution in [2.45, 2.75) is 25.7 Å². The molecule has 1 rings (SSSR count). The molecule has 0 radical (unpaired) electrons. The van der Waals surface area contributed by atoms with E-state index in [0.717, 1.165) is 6.07 Å². The number of nitrogen functional groups attached to an aromatic ring is 1. The number of hydrogen-bond acceptors (Lipinski definition) is 4. The number of rotatable bonds is 6. The topological polar surface area (TPSA) is 92.5 Å². The van der Waals surface area contributed by atoms with Gasteiger partial charge in [0, 0.05) is 24.3 Å². The van der Waals surface area contributed by atoms with E-state index in [0.29, 0.717) is 13.1 Å². The predicted octanol–water partition coefficient (Wildman–Crippen LogP) is 0.863. The lowest BCUT2D eigenvalue weighted by molar-refractivity contribution is -0.129. The van der Waals surface area contributed by atoms with Gasteiger partial charge >= 0.3 is 0 Å². The summed E-state index contributed by atoms with van der Waals surface area (Å²) in [5.41, 5.74) is 5.44. The van der Waals surface area contributed by atoms with E-state index >= 15 is 0 Å². The van der Waals surface area contributed by atoms with E-state index in [4.69, 9.17) is 5.73 Å². The van der Waals surface area contributed by atoms with Crippen molar-refractivity contribution in [1.82, 2.24) is 9.62 Å². The van der Waals surface area contributed by atoms with Crippen molar-refractivity contribution in [3.63, 3.8) is 0 Å². The van der Waals surface area contributed by atoms with Crippen LogP contribution in [0.5, 0.6) is 0 Å². The summed E-state index contributed by atoms with van der Waals surface area (Å²) < 4.78 is 40.1. The van der Waals surface area contributed by atoms with Crippen molar-refractivity contribution >= 4 is 21.6 Å². The standard InChI is InChI=1S/C13H20FN3O3S/c1-4-17(5-2)13(18)8-16-21(19,20)12-7-10(15)6-11(14)9(12)3/h6-7,16H,4-5,8,15H2,1-3H3. The molecule has 0 bridgehead atoms. The molecule has 1 aromatic carbocycles. The monoisotopic (exact) mass is 317 g/mol. The lowest BCUT2D eigenvalue weighted by Gasteiger charge is -2.19. The van der Waals surface area contributed by atoms with E-state index < -0.39 is 15.8 Å². The van der Waals surface area contributed by atoms with Crippen molar-refractivity contribution in [3.8, 4) is 0 Å². The van der Waals surface area contributed by atoms with Crippen LogP contribution in [0.2, 0.25) is 0 Å². The summed E-state index contributed by atoms with van der Waals surface area (Å²) >= 11 is 0. The summed E-state index contributed by atoms with van der Waals surface area (Å²) in [7, 11) is -4.00. The summed E-state index contributed by atoms with van der Waals surface area (Å²) in [6.07, 6.45) is 0. The van der Waals surface area contributed by atoms with Crippen LogP contribution in [-0.2, 0) is 14.8 Å². The first kappa shape index (κ1) is 17.4. The zero-order valence-electron chi connectivity index (χ0n) is 12.3. The minimum absolute atomic E-state index is 0.00791. The number of nitrogens with two attached hydrogens (primary N) is 1. The van der Waals surface area contributed by atoms with Gasteiger partial charge in [-0.15, -0.1) is 0 Å². The first-order valence-corrected chi connectivity index (χ1v) is 8.04. The molecular formula is C13H20FN3O3S. The van der Waals surface area contributed by atoms with E-state index in [2.05, 4.69) is 4.72 Å². The van der Waals surface area contributed by atoms with Gasteiger partial charge in [-0.1, -0.05) is 0 Å². The summed E-state index contributed by atoms with van der Waals surface area (Å²) in [6, 6.07) is 2.22. The van der Waals surface area contributed by atoms with Crippen molar-refractivity contribution < 1.29 is 17.6 Å². The third-order valence-corrected chi connectivity index (χ3v) is 4.67. The van der Waals surface area contributed by atoms with Gasteiger partial charge in [-0.05, 0) is 32.9 Å². The van der Waals surface area contributed by atoms with Gasteiger partial charge in [0.25, 0.3) is 0 Å². The minimum atomic E-state index is -4.00. The third kappa shape index (κ3) is 4.15. The predicted molar refractivity (Wildman–Crippen MR) is 78.7 cm³/mol. The van der Waals surface area contributed by atoms with E-state index in [-0.39, 0.29) is 28.6 Å². The highest BCUT2D eigenvalue weighted by molar-refractivity contribution is 7.89. The van der Waals surface area contributed by atoms with Crippen LogP contribution in [0.1, 0.15) is 19.4 Å². The Morgan fingerprint density at radius 2 is 1.90 bits per heavy atom. The molecule has 0 aliphatic carbocycles. The molecule has 0 heterocycles. The van der Waals surface area contributed by atoms with Gasteiger partial charge < -0.3 is 10.6 Å². The van der Waals surface area contributed by atoms with Crippen molar-refractivity contribution in [2.24, 2.45) is 0 Å². The van der Waals surface area contributed by atoms with Gasteiger partial charge in [-0.25, -0.2) is 17.5 Å². The van der Waals surface area contributed by atoms with Gasteiger partial charge in [-0.2, -0.15) is 0 Å². The van der Waals surface area contributed by atoms with Crippen LogP contribution in [0.15, 0.2) is 17.0 Å². The Labute approximate surface area is 124 Å². The van der Waals surface area contributed by atoms with Gasteiger partial charge in [-0.3, -0.25) is 4.79 Å². The lowest BCUT2D eigenvalue weighted by atomic mass is 10.2. The number of nitrogens with zero attached hydrogens (tertiary/aromatic N) is 1. The fraction of sp³-hybridized carbons (Fsp3) is 0.462. The fourth-order valence-electron chi connectivity index (χ4n) is 1.88. The molecule has 0 atom stereocenters. The van der Waals surface area contributed by atoms with Gasteiger partial charge in [0.15, 0.2) is 0 Å². The lowest BCUT2D eigenvalue weighted by Crippen LogP contribution is -2.40. The van der Waals surface area contributed by atoms with Gasteiger partial charge in [0.05, 0.1) is 11.4 Å². The van der Waals surface area contributed by atoms with Crippen molar-refractivity contribution in [3.05, 3.63) is 23.5 Å². The maximum absolute atomic E-state index is 13.6. The van der Waals surface area contributed by atoms with E-state index in [9.17, 15) is 17.6 Å². The Bertz CT molecular complexity index is 628. The normalized spacial score (nSPS) is 11.4. The Hall–Kier alpha value is -1.67. The Balaban J connectivity index is 2.96. The molecule has 118 valence electrons. The third-order valence-electron chi connectivity index (χ3n) is 3.14. The van der Waals surface area contributed by atoms with Gasteiger partial charge in [0.2, 0.25) is 15.9 Å². The number of halogens is 1. The van der Waals surface area contributed by atoms with Gasteiger partial charge in [0.1, 0.15) is 5.82 Å². The molecule has 8 heteroatoms. The summed E-state index contributed by atoms with van der Waals surface area (Å²) in [5, 5.41) is 0. The summed E-state index contributed by atoms with van der Waals surface area (Å²) in [6.45, 7) is 5.54. The quantitative estimate of drug-likeness (QED) is 0.761.